The summed E-state index contributed by atoms with van der Waals surface area (Å²) in [6, 6.07) is 7.87. The molecule has 3 heterocycles. The number of rotatable bonds is 4. The summed E-state index contributed by atoms with van der Waals surface area (Å²) in [4.78, 5) is 11.3. The van der Waals surface area contributed by atoms with Gasteiger partial charge in [0.25, 0.3) is 0 Å². The van der Waals surface area contributed by atoms with Gasteiger partial charge in [-0.3, -0.25) is 0 Å². The molecule has 1 aromatic carbocycles. The van der Waals surface area contributed by atoms with Gasteiger partial charge in [-0.15, -0.1) is 0 Å². The molecule has 4 rings (SSSR count). The normalized spacial score (nSPS) is 30.6. The highest BCUT2D eigenvalue weighted by Gasteiger charge is 2.43. The molecule has 0 spiro atoms. The molecule has 164 valence electrons. The molecule has 1 aromatic heterocycles. The number of hydrogen-bond acceptors (Lipinski definition) is 9. The Balaban J connectivity index is 1.53. The van der Waals surface area contributed by atoms with Crippen molar-refractivity contribution >= 4 is 32.6 Å². The molecular formula is C19H26N4O6S. The van der Waals surface area contributed by atoms with Crippen LogP contribution in [-0.2, 0) is 14.2 Å². The molecule has 11 heteroatoms. The van der Waals surface area contributed by atoms with E-state index in [0.717, 1.165) is 10.2 Å². The highest BCUT2D eigenvalue weighted by atomic mass is 32.1. The Morgan fingerprint density at radius 1 is 1.23 bits per heavy atom. The Kier molecular flexibility index (Phi) is 6.78. The third-order valence-corrected chi connectivity index (χ3v) is 6.10. The summed E-state index contributed by atoms with van der Waals surface area (Å²) < 4.78 is 17.2. The summed E-state index contributed by atoms with van der Waals surface area (Å²) in [6.45, 7) is 2.55. The molecule has 4 N–H and O–H groups in total. The van der Waals surface area contributed by atoms with Crippen LogP contribution >= 0.6 is 11.3 Å². The standard InChI is InChI=1S/C19H26N4O6S/c1-27-17-16(26)15(25)14(24)12(29-17)10-20-18(23-6-8-28-9-7-23)22-19-21-11-4-2-3-5-13(11)30-19/h2-5,12,14-17,24-26H,6-10H2,1H3,(H,20,21,22)/t12-,14-,15+,16-,17+/m1/s1. The van der Waals surface area contributed by atoms with E-state index in [0.29, 0.717) is 37.4 Å². The van der Waals surface area contributed by atoms with Crippen molar-refractivity contribution in [1.82, 2.24) is 9.88 Å². The van der Waals surface area contributed by atoms with Crippen molar-refractivity contribution in [3.05, 3.63) is 24.3 Å². The van der Waals surface area contributed by atoms with Crippen LogP contribution in [-0.4, -0.2) is 102 Å². The van der Waals surface area contributed by atoms with Crippen LogP contribution in [0.25, 0.3) is 10.2 Å². The van der Waals surface area contributed by atoms with Crippen LogP contribution < -0.4 is 5.32 Å². The molecule has 0 radical (unpaired) electrons. The van der Waals surface area contributed by atoms with Crippen LogP contribution in [0.5, 0.6) is 0 Å². The third kappa shape index (κ3) is 4.57. The second-order valence-corrected chi connectivity index (χ2v) is 8.16. The molecule has 0 bridgehead atoms. The predicted octanol–water partition coefficient (Wildman–Crippen LogP) is -0.150. The number of benzene rings is 1. The van der Waals surface area contributed by atoms with Crippen molar-refractivity contribution < 1.29 is 29.5 Å². The van der Waals surface area contributed by atoms with Crippen molar-refractivity contribution in [2.75, 3.05) is 45.3 Å². The zero-order valence-corrected chi connectivity index (χ0v) is 17.4. The van der Waals surface area contributed by atoms with Crippen molar-refractivity contribution in [1.29, 1.82) is 0 Å². The lowest BCUT2D eigenvalue weighted by molar-refractivity contribution is -0.287. The minimum atomic E-state index is -1.38. The molecule has 0 amide bonds. The van der Waals surface area contributed by atoms with E-state index < -0.39 is 30.7 Å². The smallest absolute Gasteiger partial charge is 0.200 e. The van der Waals surface area contributed by atoms with E-state index in [-0.39, 0.29) is 6.54 Å². The van der Waals surface area contributed by atoms with E-state index in [2.05, 4.69) is 15.3 Å². The fraction of sp³-hybridized carbons (Fsp3) is 0.579. The van der Waals surface area contributed by atoms with Gasteiger partial charge < -0.3 is 39.7 Å². The molecule has 0 aliphatic carbocycles. The van der Waals surface area contributed by atoms with E-state index in [1.165, 1.54) is 18.4 Å². The fourth-order valence-electron chi connectivity index (χ4n) is 3.45. The van der Waals surface area contributed by atoms with Crippen LogP contribution in [0.1, 0.15) is 0 Å². The number of hydrogen-bond donors (Lipinski definition) is 4. The number of nitrogens with zero attached hydrogens (tertiary/aromatic N) is 3. The molecule has 0 saturated carbocycles. The number of fused-ring (bicyclic) bond motifs is 1. The number of anilines is 1. The zero-order valence-electron chi connectivity index (χ0n) is 16.5. The number of nitrogens with one attached hydrogen (secondary N) is 1. The maximum atomic E-state index is 10.3. The van der Waals surface area contributed by atoms with Crippen molar-refractivity contribution in [2.45, 2.75) is 30.7 Å². The highest BCUT2D eigenvalue weighted by molar-refractivity contribution is 7.22. The lowest BCUT2D eigenvalue weighted by Gasteiger charge is -2.39. The molecular weight excluding hydrogens is 412 g/mol. The summed E-state index contributed by atoms with van der Waals surface area (Å²) in [6.07, 6.45) is -5.87. The van der Waals surface area contributed by atoms with Crippen LogP contribution in [0.2, 0.25) is 0 Å². The molecule has 30 heavy (non-hydrogen) atoms. The first-order valence-corrected chi connectivity index (χ1v) is 10.6. The van der Waals surface area contributed by atoms with Gasteiger partial charge in [-0.2, -0.15) is 0 Å². The van der Waals surface area contributed by atoms with Crippen LogP contribution in [0, 0.1) is 0 Å². The number of guanidine groups is 1. The first-order chi connectivity index (χ1) is 14.6. The average Bonchev–Trinajstić information content (AvgIpc) is 3.19. The number of para-hydroxylation sites is 1. The van der Waals surface area contributed by atoms with Gasteiger partial charge in [0.1, 0.15) is 24.4 Å². The lowest BCUT2D eigenvalue weighted by atomic mass is 9.99. The Labute approximate surface area is 177 Å². The minimum Gasteiger partial charge on any atom is -0.388 e. The van der Waals surface area contributed by atoms with Gasteiger partial charge in [0.15, 0.2) is 11.4 Å². The Morgan fingerprint density at radius 3 is 2.73 bits per heavy atom. The Bertz CT molecular complexity index is 839. The quantitative estimate of drug-likeness (QED) is 0.380. The number of aliphatic hydroxyl groups is 3. The number of aliphatic hydroxyl groups excluding tert-OH is 3. The van der Waals surface area contributed by atoms with Gasteiger partial charge in [0.2, 0.25) is 5.96 Å². The molecule has 2 saturated heterocycles. The number of morpholine rings is 1. The largest absolute Gasteiger partial charge is 0.388 e. The van der Waals surface area contributed by atoms with E-state index in [4.69, 9.17) is 14.2 Å². The summed E-state index contributed by atoms with van der Waals surface area (Å²) in [7, 11) is 1.37. The van der Waals surface area contributed by atoms with Gasteiger partial charge >= 0.3 is 0 Å². The van der Waals surface area contributed by atoms with E-state index in [1.807, 2.05) is 29.2 Å². The highest BCUT2D eigenvalue weighted by Crippen LogP contribution is 2.26. The summed E-state index contributed by atoms with van der Waals surface area (Å²) in [5.74, 6) is 0.586. The van der Waals surface area contributed by atoms with Crippen molar-refractivity contribution in [3.63, 3.8) is 0 Å². The Hall–Kier alpha value is -1.86. The van der Waals surface area contributed by atoms with Gasteiger partial charge in [-0.25, -0.2) is 9.98 Å². The monoisotopic (exact) mass is 438 g/mol. The predicted molar refractivity (Wildman–Crippen MR) is 112 cm³/mol. The lowest BCUT2D eigenvalue weighted by Crippen LogP contribution is -2.59. The first-order valence-electron chi connectivity index (χ1n) is 9.79. The topological polar surface area (TPSA) is 129 Å². The minimum absolute atomic E-state index is 0.0649. The van der Waals surface area contributed by atoms with E-state index in [9.17, 15) is 15.3 Å². The molecule has 2 aliphatic heterocycles. The SMILES string of the molecule is CO[C@H]1O[C@H](CN=C(Nc2nc3ccccc3s2)N2CCOCC2)[C@@H](O)[C@H](O)[C@H]1O. The number of thiazole rings is 1. The van der Waals surface area contributed by atoms with Gasteiger partial charge in [-0.1, -0.05) is 23.5 Å². The number of methoxy groups -OCH3 is 1. The maximum absolute atomic E-state index is 10.3. The van der Waals surface area contributed by atoms with E-state index >= 15 is 0 Å². The number of ether oxygens (including phenoxy) is 3. The maximum Gasteiger partial charge on any atom is 0.200 e. The van der Waals surface area contributed by atoms with Crippen molar-refractivity contribution in [3.8, 4) is 0 Å². The first kappa shape index (κ1) is 21.4. The zero-order chi connectivity index (χ0) is 21.1. The van der Waals surface area contributed by atoms with E-state index in [1.54, 1.807) is 0 Å². The second-order valence-electron chi connectivity index (χ2n) is 7.13. The molecule has 2 aliphatic rings. The molecule has 2 aromatic rings. The Morgan fingerprint density at radius 2 is 2.00 bits per heavy atom. The van der Waals surface area contributed by atoms with Crippen molar-refractivity contribution in [2.24, 2.45) is 4.99 Å². The molecule has 10 nitrogen and oxygen atoms in total. The summed E-state index contributed by atoms with van der Waals surface area (Å²) in [5.41, 5.74) is 0.900. The number of aromatic nitrogens is 1. The van der Waals surface area contributed by atoms with Crippen LogP contribution in [0.4, 0.5) is 5.13 Å². The third-order valence-electron chi connectivity index (χ3n) is 5.15. The summed E-state index contributed by atoms with van der Waals surface area (Å²) >= 11 is 1.52. The molecule has 5 atom stereocenters. The molecule has 0 unspecified atom stereocenters. The van der Waals surface area contributed by atoms with Gasteiger partial charge in [0, 0.05) is 20.2 Å². The summed E-state index contributed by atoms with van der Waals surface area (Å²) in [5, 5.41) is 34.3. The van der Waals surface area contributed by atoms with Crippen LogP contribution in [0.3, 0.4) is 0 Å². The number of aliphatic imine (C=N–C) groups is 1. The van der Waals surface area contributed by atoms with Gasteiger partial charge in [-0.05, 0) is 12.1 Å². The fourth-order valence-corrected chi connectivity index (χ4v) is 4.31. The van der Waals surface area contributed by atoms with Crippen LogP contribution in [0.15, 0.2) is 29.3 Å². The average molecular weight is 439 g/mol. The second kappa shape index (κ2) is 9.52. The van der Waals surface area contributed by atoms with Gasteiger partial charge in [0.05, 0.1) is 30.0 Å². The molecule has 2 fully saturated rings.